The number of nitrogens with one attached hydrogen (secondary N) is 2. The molecule has 0 spiro atoms. The third kappa shape index (κ3) is 4.46. The molecule has 3 rings (SSSR count). The van der Waals surface area contributed by atoms with Crippen molar-refractivity contribution in [2.45, 2.75) is 9.95 Å². The van der Waals surface area contributed by atoms with Crippen LogP contribution in [0.4, 0.5) is 0 Å². The zero-order chi connectivity index (χ0) is 18.6. The van der Waals surface area contributed by atoms with Gasteiger partial charge in [-0.05, 0) is 63.5 Å². The maximum Gasteiger partial charge on any atom is 0.195 e. The predicted octanol–water partition coefficient (Wildman–Crippen LogP) is 5.55. The summed E-state index contributed by atoms with van der Waals surface area (Å²) in [7, 11) is 1.67. The summed E-state index contributed by atoms with van der Waals surface area (Å²) in [5, 5.41) is 7.85. The number of alkyl halides is 1. The van der Waals surface area contributed by atoms with Gasteiger partial charge in [0.05, 0.1) is 13.2 Å². The van der Waals surface area contributed by atoms with Gasteiger partial charge in [0.1, 0.15) is 5.75 Å². The number of ether oxygens (including phenoxy) is 1. The van der Waals surface area contributed by atoms with Crippen LogP contribution in [0.3, 0.4) is 0 Å². The van der Waals surface area contributed by atoms with Crippen molar-refractivity contribution >= 4 is 45.0 Å². The topological polar surface area (TPSA) is 33.3 Å². The van der Waals surface area contributed by atoms with Crippen molar-refractivity contribution in [2.75, 3.05) is 12.9 Å². The average molecular weight is 452 g/mol. The predicted molar refractivity (Wildman–Crippen MR) is 116 cm³/mol. The number of rotatable bonds is 6. The maximum atomic E-state index is 6.44. The number of methoxy groups -OCH3 is 1. The molecule has 0 saturated heterocycles. The quantitative estimate of drug-likeness (QED) is 0.343. The highest BCUT2D eigenvalue weighted by atomic mass is 79.9. The fourth-order valence-corrected chi connectivity index (χ4v) is 4.59. The van der Waals surface area contributed by atoms with E-state index in [1.165, 1.54) is 0 Å². The Morgan fingerprint density at radius 2 is 2.00 bits per heavy atom. The van der Waals surface area contributed by atoms with E-state index in [1.807, 2.05) is 54.6 Å². The van der Waals surface area contributed by atoms with Gasteiger partial charge in [-0.1, -0.05) is 35.9 Å². The first-order valence-electron chi connectivity index (χ1n) is 8.15. The van der Waals surface area contributed by atoms with Crippen LogP contribution in [0.1, 0.15) is 17.2 Å². The molecule has 2 atom stereocenters. The molecule has 0 bridgehead atoms. The summed E-state index contributed by atoms with van der Waals surface area (Å²) in [5.74, 6) is 1.62. The van der Waals surface area contributed by atoms with Gasteiger partial charge in [-0.15, -0.1) is 18.3 Å². The van der Waals surface area contributed by atoms with Gasteiger partial charge in [0.2, 0.25) is 0 Å². The lowest BCUT2D eigenvalue weighted by Gasteiger charge is -2.39. The zero-order valence-electron chi connectivity index (χ0n) is 14.3. The van der Waals surface area contributed by atoms with Crippen molar-refractivity contribution in [2.24, 2.45) is 0 Å². The number of benzene rings is 2. The molecule has 2 aromatic carbocycles. The van der Waals surface area contributed by atoms with E-state index in [0.29, 0.717) is 0 Å². The third-order valence-corrected chi connectivity index (χ3v) is 6.49. The summed E-state index contributed by atoms with van der Waals surface area (Å²) >= 11 is 11.9. The SMILES string of the molecule is C=CCS[C@]1(Br)NC(c2ccc(OC)cc2)=C[C@@H](c2ccccc2Cl)N1. The van der Waals surface area contributed by atoms with Crippen molar-refractivity contribution in [3.05, 3.63) is 83.4 Å². The summed E-state index contributed by atoms with van der Waals surface area (Å²) in [5.41, 5.74) is 3.13. The lowest BCUT2D eigenvalue weighted by molar-refractivity contribution is 0.414. The fourth-order valence-electron chi connectivity index (χ4n) is 2.74. The van der Waals surface area contributed by atoms with Crippen LogP contribution in [-0.2, 0) is 0 Å². The van der Waals surface area contributed by atoms with Crippen molar-refractivity contribution in [1.82, 2.24) is 10.6 Å². The van der Waals surface area contributed by atoms with E-state index in [1.54, 1.807) is 18.9 Å². The Morgan fingerprint density at radius 3 is 2.65 bits per heavy atom. The van der Waals surface area contributed by atoms with Crippen molar-refractivity contribution in [1.29, 1.82) is 0 Å². The Labute approximate surface area is 172 Å². The van der Waals surface area contributed by atoms with Crippen LogP contribution in [0.2, 0.25) is 5.02 Å². The molecule has 1 aliphatic heterocycles. The van der Waals surface area contributed by atoms with Crippen LogP contribution in [0, 0.1) is 0 Å². The van der Waals surface area contributed by atoms with Crippen LogP contribution in [-0.4, -0.2) is 16.8 Å². The molecule has 1 aliphatic rings. The molecule has 136 valence electrons. The highest BCUT2D eigenvalue weighted by molar-refractivity contribution is 9.11. The summed E-state index contributed by atoms with van der Waals surface area (Å²) in [6.45, 7) is 3.82. The van der Waals surface area contributed by atoms with Crippen molar-refractivity contribution in [3.8, 4) is 5.75 Å². The lowest BCUT2D eigenvalue weighted by Crippen LogP contribution is -2.52. The van der Waals surface area contributed by atoms with E-state index in [4.69, 9.17) is 16.3 Å². The van der Waals surface area contributed by atoms with Gasteiger partial charge < -0.3 is 10.1 Å². The number of thioether (sulfide) groups is 1. The van der Waals surface area contributed by atoms with Gasteiger partial charge >= 0.3 is 0 Å². The average Bonchev–Trinajstić information content (AvgIpc) is 2.66. The lowest BCUT2D eigenvalue weighted by atomic mass is 10.0. The molecule has 2 N–H and O–H groups in total. The Bertz CT molecular complexity index is 812. The van der Waals surface area contributed by atoms with Crippen molar-refractivity contribution < 1.29 is 4.74 Å². The smallest absolute Gasteiger partial charge is 0.195 e. The molecule has 0 aliphatic carbocycles. The minimum Gasteiger partial charge on any atom is -0.497 e. The fraction of sp³-hybridized carbons (Fsp3) is 0.200. The minimum absolute atomic E-state index is 0.0428. The summed E-state index contributed by atoms with van der Waals surface area (Å²) in [6.07, 6.45) is 4.03. The first-order valence-corrected chi connectivity index (χ1v) is 10.3. The normalized spacial score (nSPS) is 22.3. The highest BCUT2D eigenvalue weighted by Crippen LogP contribution is 2.39. The van der Waals surface area contributed by atoms with E-state index in [0.717, 1.165) is 33.3 Å². The second kappa shape index (κ2) is 8.53. The summed E-state index contributed by atoms with van der Waals surface area (Å²) in [6, 6.07) is 15.8. The second-order valence-electron chi connectivity index (χ2n) is 5.77. The molecule has 0 amide bonds. The molecule has 2 aromatic rings. The second-order valence-corrected chi connectivity index (χ2v) is 9.13. The monoisotopic (exact) mass is 450 g/mol. The molecule has 6 heteroatoms. The maximum absolute atomic E-state index is 6.44. The standard InChI is InChI=1S/C20H20BrClN2OS/c1-3-12-26-20(21)23-18(14-8-10-15(25-2)11-9-14)13-19(24-20)16-6-4-5-7-17(16)22/h3-11,13,19,23-24H,1,12H2,2H3/t19-,20+/m0/s1. The molecule has 0 saturated carbocycles. The van der Waals surface area contributed by atoms with Crippen molar-refractivity contribution in [3.63, 3.8) is 0 Å². The first-order chi connectivity index (χ1) is 12.5. The van der Waals surface area contributed by atoms with Crippen LogP contribution < -0.4 is 15.4 Å². The van der Waals surface area contributed by atoms with E-state index in [2.05, 4.69) is 39.2 Å². The van der Waals surface area contributed by atoms with E-state index < -0.39 is 3.90 Å². The van der Waals surface area contributed by atoms with Gasteiger partial charge in [0, 0.05) is 16.5 Å². The van der Waals surface area contributed by atoms with E-state index in [-0.39, 0.29) is 6.04 Å². The Kier molecular flexibility index (Phi) is 6.35. The van der Waals surface area contributed by atoms with Gasteiger partial charge in [-0.3, -0.25) is 5.32 Å². The molecule has 0 radical (unpaired) electrons. The number of hydrogen-bond acceptors (Lipinski definition) is 4. The molecule has 1 heterocycles. The Balaban J connectivity index is 1.99. The largest absolute Gasteiger partial charge is 0.497 e. The molecular weight excluding hydrogens is 432 g/mol. The zero-order valence-corrected chi connectivity index (χ0v) is 17.5. The highest BCUT2D eigenvalue weighted by Gasteiger charge is 2.35. The third-order valence-electron chi connectivity index (χ3n) is 4.01. The summed E-state index contributed by atoms with van der Waals surface area (Å²) < 4.78 is 4.73. The van der Waals surface area contributed by atoms with Crippen LogP contribution in [0.5, 0.6) is 5.75 Å². The van der Waals surface area contributed by atoms with Gasteiger partial charge in [0.25, 0.3) is 0 Å². The van der Waals surface area contributed by atoms with E-state index >= 15 is 0 Å². The first kappa shape index (κ1) is 19.4. The van der Waals surface area contributed by atoms with E-state index in [9.17, 15) is 0 Å². The van der Waals surface area contributed by atoms with Gasteiger partial charge in [0.15, 0.2) is 3.90 Å². The Hall–Kier alpha value is -1.40. The number of hydrogen-bond donors (Lipinski definition) is 2. The minimum atomic E-state index is -0.533. The molecule has 26 heavy (non-hydrogen) atoms. The molecular formula is C20H20BrClN2OS. The number of halogens is 2. The molecule has 0 fully saturated rings. The van der Waals surface area contributed by atoms with Crippen LogP contribution in [0.25, 0.3) is 5.70 Å². The summed E-state index contributed by atoms with van der Waals surface area (Å²) in [4.78, 5) is 0. The Morgan fingerprint density at radius 1 is 1.27 bits per heavy atom. The molecule has 0 unspecified atom stereocenters. The van der Waals surface area contributed by atoms with Crippen LogP contribution in [0.15, 0.2) is 67.3 Å². The molecule has 0 aromatic heterocycles. The van der Waals surface area contributed by atoms with Gasteiger partial charge in [-0.2, -0.15) is 0 Å². The molecule has 3 nitrogen and oxygen atoms in total. The van der Waals surface area contributed by atoms with Gasteiger partial charge in [-0.25, -0.2) is 0 Å². The van der Waals surface area contributed by atoms with Crippen LogP contribution >= 0.6 is 39.3 Å².